The number of benzene rings is 1. The molecular weight excluding hydrogens is 566 g/mol. The molecule has 0 aliphatic heterocycles. The van der Waals surface area contributed by atoms with Gasteiger partial charge in [0, 0.05) is 35.5 Å². The molecular formula is C29H48ClN5O3S2. The molecule has 2 rings (SSSR count). The number of hydrogen-bond acceptors (Lipinski definition) is 8. The van der Waals surface area contributed by atoms with Crippen LogP contribution in [0, 0.1) is 0 Å². The molecule has 226 valence electrons. The second-order valence-corrected chi connectivity index (χ2v) is 13.2. The minimum atomic E-state index is -1.02. The zero-order valence-corrected chi connectivity index (χ0v) is 26.0. The second-order valence-electron chi connectivity index (χ2n) is 9.82. The molecule has 0 radical (unpaired) electrons. The number of carbonyl (C=O) groups excluding carboxylic acids is 1. The Morgan fingerprint density at radius 3 is 2.30 bits per heavy atom. The first-order valence-corrected chi connectivity index (χ1v) is 17.0. The van der Waals surface area contributed by atoms with E-state index in [1.165, 1.54) is 11.3 Å². The lowest BCUT2D eigenvalue weighted by Crippen LogP contribution is -2.27. The molecule has 1 amide bonds. The van der Waals surface area contributed by atoms with E-state index < -0.39 is 17.4 Å². The van der Waals surface area contributed by atoms with Gasteiger partial charge in [-0.3, -0.25) is 10.1 Å². The van der Waals surface area contributed by atoms with E-state index in [0.717, 1.165) is 98.7 Å². The number of rotatable bonds is 24. The highest BCUT2D eigenvalue weighted by Crippen LogP contribution is 2.24. The van der Waals surface area contributed by atoms with Gasteiger partial charge in [0.2, 0.25) is 10.1 Å². The quantitative estimate of drug-likeness (QED) is 0.0597. The molecule has 7 N–H and O–H groups in total. The van der Waals surface area contributed by atoms with Crippen molar-refractivity contribution >= 4 is 40.0 Å². The lowest BCUT2D eigenvalue weighted by atomic mass is 10.1. The van der Waals surface area contributed by atoms with Crippen molar-refractivity contribution in [1.29, 1.82) is 0 Å². The fourth-order valence-electron chi connectivity index (χ4n) is 4.02. The Morgan fingerprint density at radius 1 is 0.900 bits per heavy atom. The Hall–Kier alpha value is -1.21. The van der Waals surface area contributed by atoms with E-state index in [2.05, 4.69) is 21.3 Å². The molecule has 0 aliphatic carbocycles. The van der Waals surface area contributed by atoms with Gasteiger partial charge in [-0.25, -0.2) is 0 Å². The number of aliphatic hydroxyl groups is 1. The molecule has 2 unspecified atom stereocenters. The van der Waals surface area contributed by atoms with Crippen LogP contribution in [0.15, 0.2) is 40.6 Å². The van der Waals surface area contributed by atoms with Crippen molar-refractivity contribution < 1.29 is 14.5 Å². The number of unbranched alkanes of at least 4 members (excludes halogenated alkanes) is 4. The van der Waals surface area contributed by atoms with Gasteiger partial charge >= 0.3 is 0 Å². The summed E-state index contributed by atoms with van der Waals surface area (Å²) >= 11 is 6.39. The van der Waals surface area contributed by atoms with Crippen LogP contribution < -0.4 is 27.0 Å². The van der Waals surface area contributed by atoms with E-state index in [0.29, 0.717) is 30.3 Å². The van der Waals surface area contributed by atoms with E-state index in [9.17, 15) is 14.5 Å². The predicted molar refractivity (Wildman–Crippen MR) is 168 cm³/mol. The average molecular weight is 614 g/mol. The van der Waals surface area contributed by atoms with Crippen LogP contribution >= 0.6 is 22.9 Å². The monoisotopic (exact) mass is 613 g/mol. The topological polar surface area (TPSA) is 134 Å². The first-order valence-electron chi connectivity index (χ1n) is 14.5. The van der Waals surface area contributed by atoms with Crippen molar-refractivity contribution in [2.24, 2.45) is 5.73 Å². The zero-order chi connectivity index (χ0) is 28.8. The third-order valence-corrected chi connectivity index (χ3v) is 9.55. The van der Waals surface area contributed by atoms with Crippen molar-refractivity contribution in [3.05, 3.63) is 51.9 Å². The molecule has 8 nitrogen and oxygen atoms in total. The van der Waals surface area contributed by atoms with Crippen LogP contribution in [-0.4, -0.2) is 60.6 Å². The predicted octanol–water partition coefficient (Wildman–Crippen LogP) is 4.05. The van der Waals surface area contributed by atoms with E-state index in [-0.39, 0.29) is 5.91 Å². The molecule has 1 heterocycles. The lowest BCUT2D eigenvalue weighted by molar-refractivity contribution is -0.121. The van der Waals surface area contributed by atoms with Gasteiger partial charge in [-0.1, -0.05) is 41.5 Å². The standard InChI is InChI=1S/C29H48ClN5O3S2/c30-25-12-10-24(11-13-25)29(37)35-23-26-14-15-28(39-26)40(38)22-6-2-1-3-9-27(36)34-21-8-20-33-18-5-4-17-32-19-7-16-31/h10-15,29,32-33,35,37H,1-9,16-23,31H2,(H,34,36). The third kappa shape index (κ3) is 16.3. The molecule has 0 bridgehead atoms. The maximum atomic E-state index is 12.6. The summed E-state index contributed by atoms with van der Waals surface area (Å²) in [6.45, 7) is 5.93. The van der Waals surface area contributed by atoms with Crippen LogP contribution in [0.1, 0.15) is 74.5 Å². The largest absolute Gasteiger partial charge is 0.611 e. The first-order chi connectivity index (χ1) is 19.5. The van der Waals surface area contributed by atoms with Crippen molar-refractivity contribution in [3.8, 4) is 0 Å². The first kappa shape index (κ1) is 35.0. The fourth-order valence-corrected chi connectivity index (χ4v) is 6.66. The molecule has 40 heavy (non-hydrogen) atoms. The Morgan fingerprint density at radius 2 is 1.57 bits per heavy atom. The Kier molecular flexibility index (Phi) is 19.6. The van der Waals surface area contributed by atoms with Crippen molar-refractivity contribution in [1.82, 2.24) is 21.3 Å². The van der Waals surface area contributed by atoms with Gasteiger partial charge in [0.05, 0.1) is 0 Å². The van der Waals surface area contributed by atoms with Crippen molar-refractivity contribution in [2.75, 3.05) is 45.0 Å². The molecule has 0 aliphatic rings. The van der Waals surface area contributed by atoms with E-state index in [4.69, 9.17) is 17.3 Å². The number of nitrogens with one attached hydrogen (secondary N) is 4. The summed E-state index contributed by atoms with van der Waals surface area (Å²) < 4.78 is 13.5. The van der Waals surface area contributed by atoms with Gasteiger partial charge < -0.3 is 31.3 Å². The van der Waals surface area contributed by atoms with Crippen molar-refractivity contribution in [3.63, 3.8) is 0 Å². The number of nitrogens with two attached hydrogens (primary N) is 1. The smallest absolute Gasteiger partial charge is 0.219 e. The number of carbonyl (C=O) groups is 1. The van der Waals surface area contributed by atoms with Gasteiger partial charge in [0.15, 0.2) is 0 Å². The summed E-state index contributed by atoms with van der Waals surface area (Å²) in [5.74, 6) is 0.748. The summed E-state index contributed by atoms with van der Waals surface area (Å²) in [5.41, 5.74) is 6.22. The van der Waals surface area contributed by atoms with Gasteiger partial charge in [-0.2, -0.15) is 0 Å². The summed E-state index contributed by atoms with van der Waals surface area (Å²) in [6, 6.07) is 10.9. The van der Waals surface area contributed by atoms with Crippen LogP contribution in [0.2, 0.25) is 5.02 Å². The second kappa shape index (κ2) is 22.4. The van der Waals surface area contributed by atoms with Gasteiger partial charge in [0.1, 0.15) is 12.0 Å². The molecule has 11 heteroatoms. The van der Waals surface area contributed by atoms with Gasteiger partial charge in [0.25, 0.3) is 0 Å². The summed E-state index contributed by atoms with van der Waals surface area (Å²) in [7, 11) is 0. The van der Waals surface area contributed by atoms with Gasteiger partial charge in [-0.15, -0.1) is 0 Å². The molecule has 0 saturated heterocycles. The Bertz CT molecular complexity index is 919. The minimum absolute atomic E-state index is 0.119. The molecule has 1 aromatic heterocycles. The Labute approximate surface area is 252 Å². The SMILES string of the molecule is NCCCNCCCCNCCCNC(=O)CCCCCC[S+]([O-])c1ccc(CNC(O)c2ccc(Cl)cc2)s1. The summed E-state index contributed by atoms with van der Waals surface area (Å²) in [4.78, 5) is 13.1. The van der Waals surface area contributed by atoms with Crippen LogP contribution in [0.3, 0.4) is 0 Å². The fraction of sp³-hybridized carbons (Fsp3) is 0.621. The number of hydrogen-bond donors (Lipinski definition) is 6. The molecule has 0 saturated carbocycles. The van der Waals surface area contributed by atoms with Crippen LogP contribution in [0.5, 0.6) is 0 Å². The van der Waals surface area contributed by atoms with Crippen LogP contribution in [-0.2, 0) is 22.5 Å². The third-order valence-electron chi connectivity index (χ3n) is 6.37. The highest BCUT2D eigenvalue weighted by Gasteiger charge is 2.15. The Balaban J connectivity index is 1.42. The maximum absolute atomic E-state index is 12.6. The molecule has 0 fully saturated rings. The molecule has 1 aromatic carbocycles. The van der Waals surface area contributed by atoms with Crippen LogP contribution in [0.25, 0.3) is 0 Å². The van der Waals surface area contributed by atoms with E-state index >= 15 is 0 Å². The average Bonchev–Trinajstić information content (AvgIpc) is 3.44. The normalized spacial score (nSPS) is 12.9. The molecule has 0 spiro atoms. The number of amides is 1. The molecule has 2 aromatic rings. The summed E-state index contributed by atoms with van der Waals surface area (Å²) in [5, 5.41) is 23.8. The van der Waals surface area contributed by atoms with Crippen molar-refractivity contribution in [2.45, 2.75) is 74.8 Å². The van der Waals surface area contributed by atoms with Gasteiger partial charge in [-0.05, 0) is 113 Å². The molecule has 2 atom stereocenters. The number of thiophene rings is 1. The minimum Gasteiger partial charge on any atom is -0.611 e. The maximum Gasteiger partial charge on any atom is 0.219 e. The van der Waals surface area contributed by atoms with Crippen LogP contribution in [0.4, 0.5) is 0 Å². The zero-order valence-electron chi connectivity index (χ0n) is 23.6. The number of halogens is 1. The highest BCUT2D eigenvalue weighted by atomic mass is 35.5. The summed E-state index contributed by atoms with van der Waals surface area (Å²) in [6.07, 6.45) is 7.73. The van der Waals surface area contributed by atoms with E-state index in [1.54, 1.807) is 24.3 Å². The number of aliphatic hydroxyl groups excluding tert-OH is 1. The highest BCUT2D eigenvalue weighted by molar-refractivity contribution is 7.93. The van der Waals surface area contributed by atoms with E-state index in [1.807, 2.05) is 12.1 Å². The lowest BCUT2D eigenvalue weighted by Gasteiger charge is -2.12.